The molecule has 0 N–H and O–H groups in total. The molecule has 2 fully saturated rings. The van der Waals surface area contributed by atoms with Crippen molar-refractivity contribution in [1.29, 1.82) is 0 Å². The lowest BCUT2D eigenvalue weighted by Crippen LogP contribution is -2.64. The quantitative estimate of drug-likeness (QED) is 0.759. The maximum absolute atomic E-state index is 12.6. The highest BCUT2D eigenvalue weighted by Gasteiger charge is 2.36. The summed E-state index contributed by atoms with van der Waals surface area (Å²) < 4.78 is 0. The van der Waals surface area contributed by atoms with Gasteiger partial charge in [-0.3, -0.25) is 14.5 Å². The summed E-state index contributed by atoms with van der Waals surface area (Å²) >= 11 is 6.17. The molecule has 0 radical (unpaired) electrons. The number of carbonyl (C=O) groups is 2. The van der Waals surface area contributed by atoms with Gasteiger partial charge in [-0.2, -0.15) is 0 Å². The minimum atomic E-state index is 0.107. The Balaban J connectivity index is 1.19. The van der Waals surface area contributed by atoms with Crippen molar-refractivity contribution in [2.24, 2.45) is 0 Å². The van der Waals surface area contributed by atoms with Gasteiger partial charge in [-0.1, -0.05) is 48.0 Å². The van der Waals surface area contributed by atoms with Gasteiger partial charge in [0.2, 0.25) is 5.91 Å². The van der Waals surface area contributed by atoms with Crippen molar-refractivity contribution >= 4 is 23.4 Å². The van der Waals surface area contributed by atoms with Gasteiger partial charge in [-0.25, -0.2) is 0 Å². The molecule has 0 aliphatic carbocycles. The fourth-order valence-electron chi connectivity index (χ4n) is 4.04. The van der Waals surface area contributed by atoms with Crippen molar-refractivity contribution in [2.45, 2.75) is 18.9 Å². The zero-order valence-corrected chi connectivity index (χ0v) is 17.2. The first-order valence-electron chi connectivity index (χ1n) is 10.2. The van der Waals surface area contributed by atoms with Crippen LogP contribution in [0.1, 0.15) is 22.3 Å². The Morgan fingerprint density at radius 1 is 0.862 bits per heavy atom. The Morgan fingerprint density at radius 3 is 2.21 bits per heavy atom. The highest BCUT2D eigenvalue weighted by molar-refractivity contribution is 6.31. The molecule has 4 rings (SSSR count). The normalized spacial score (nSPS) is 17.8. The van der Waals surface area contributed by atoms with E-state index in [2.05, 4.69) is 4.90 Å². The number of hydrogen-bond donors (Lipinski definition) is 0. The SMILES string of the molecule is O=C(CCc1ccccc1Cl)N1CC(N2CCN(C(=O)c3ccccc3)CC2)C1. The second kappa shape index (κ2) is 8.97. The van der Waals surface area contributed by atoms with Crippen LogP contribution in [0.3, 0.4) is 0 Å². The highest BCUT2D eigenvalue weighted by atomic mass is 35.5. The van der Waals surface area contributed by atoms with E-state index in [9.17, 15) is 9.59 Å². The minimum Gasteiger partial charge on any atom is -0.339 e. The van der Waals surface area contributed by atoms with Gasteiger partial charge < -0.3 is 9.80 Å². The topological polar surface area (TPSA) is 43.9 Å². The van der Waals surface area contributed by atoms with Crippen LogP contribution in [-0.4, -0.2) is 71.8 Å². The van der Waals surface area contributed by atoms with Crippen molar-refractivity contribution in [2.75, 3.05) is 39.3 Å². The molecule has 2 aliphatic heterocycles. The molecule has 0 unspecified atom stereocenters. The van der Waals surface area contributed by atoms with Crippen molar-refractivity contribution < 1.29 is 9.59 Å². The number of benzene rings is 2. The minimum absolute atomic E-state index is 0.107. The number of hydrogen-bond acceptors (Lipinski definition) is 3. The third-order valence-electron chi connectivity index (χ3n) is 5.92. The van der Waals surface area contributed by atoms with E-state index in [4.69, 9.17) is 11.6 Å². The van der Waals surface area contributed by atoms with Gasteiger partial charge in [-0.05, 0) is 30.2 Å². The Kier molecular flexibility index (Phi) is 6.16. The van der Waals surface area contributed by atoms with Crippen LogP contribution in [0.2, 0.25) is 5.02 Å². The molecule has 0 spiro atoms. The summed E-state index contributed by atoms with van der Waals surface area (Å²) in [5.41, 5.74) is 1.78. The lowest BCUT2D eigenvalue weighted by molar-refractivity contribution is -0.139. The van der Waals surface area contributed by atoms with Gasteiger partial charge in [0.1, 0.15) is 0 Å². The van der Waals surface area contributed by atoms with E-state index in [1.165, 1.54) is 0 Å². The maximum atomic E-state index is 12.6. The first-order valence-corrected chi connectivity index (χ1v) is 10.6. The number of aryl methyl sites for hydroxylation is 1. The van der Waals surface area contributed by atoms with Crippen LogP contribution in [-0.2, 0) is 11.2 Å². The number of rotatable bonds is 5. The first-order chi connectivity index (χ1) is 14.1. The molecule has 2 aromatic carbocycles. The molecule has 6 heteroatoms. The smallest absolute Gasteiger partial charge is 0.253 e. The fourth-order valence-corrected chi connectivity index (χ4v) is 4.27. The zero-order chi connectivity index (χ0) is 20.2. The molecule has 2 saturated heterocycles. The summed E-state index contributed by atoms with van der Waals surface area (Å²) in [6.45, 7) is 4.78. The molecule has 0 atom stereocenters. The molecule has 2 aliphatic rings. The van der Waals surface area contributed by atoms with Crippen LogP contribution in [0.15, 0.2) is 54.6 Å². The van der Waals surface area contributed by atoms with Crippen LogP contribution in [0.25, 0.3) is 0 Å². The van der Waals surface area contributed by atoms with Gasteiger partial charge in [-0.15, -0.1) is 0 Å². The summed E-state index contributed by atoms with van der Waals surface area (Å²) in [5.74, 6) is 0.300. The number of likely N-dealkylation sites (tertiary alicyclic amines) is 1. The highest BCUT2D eigenvalue weighted by Crippen LogP contribution is 2.21. The molecule has 0 aromatic heterocycles. The molecule has 0 saturated carbocycles. The van der Waals surface area contributed by atoms with Gasteiger partial charge >= 0.3 is 0 Å². The van der Waals surface area contributed by atoms with Crippen molar-refractivity contribution in [3.8, 4) is 0 Å². The Labute approximate surface area is 176 Å². The standard InChI is InChI=1S/C23H26ClN3O2/c24-21-9-5-4-6-18(21)10-11-22(28)27-16-20(17-27)25-12-14-26(15-13-25)23(29)19-7-2-1-3-8-19/h1-9,20H,10-17H2. The average molecular weight is 412 g/mol. The van der Waals surface area contributed by atoms with Crippen LogP contribution in [0.5, 0.6) is 0 Å². The predicted molar refractivity (Wildman–Crippen MR) is 114 cm³/mol. The Morgan fingerprint density at radius 2 is 1.52 bits per heavy atom. The molecule has 0 bridgehead atoms. The molecule has 152 valence electrons. The Bertz CT molecular complexity index is 859. The number of carbonyl (C=O) groups excluding carboxylic acids is 2. The maximum Gasteiger partial charge on any atom is 0.253 e. The third-order valence-corrected chi connectivity index (χ3v) is 6.29. The van der Waals surface area contributed by atoms with Gasteiger partial charge in [0.05, 0.1) is 0 Å². The van der Waals surface area contributed by atoms with E-state index < -0.39 is 0 Å². The summed E-state index contributed by atoms with van der Waals surface area (Å²) in [6, 6.07) is 17.6. The van der Waals surface area contributed by atoms with E-state index in [1.807, 2.05) is 64.4 Å². The molecule has 29 heavy (non-hydrogen) atoms. The van der Waals surface area contributed by atoms with E-state index >= 15 is 0 Å². The molecule has 5 nitrogen and oxygen atoms in total. The van der Waals surface area contributed by atoms with Crippen molar-refractivity contribution in [3.05, 3.63) is 70.7 Å². The van der Waals surface area contributed by atoms with Gasteiger partial charge in [0.25, 0.3) is 5.91 Å². The molecule has 2 heterocycles. The Hall–Kier alpha value is -2.37. The van der Waals surface area contributed by atoms with Crippen molar-refractivity contribution in [3.63, 3.8) is 0 Å². The molecular formula is C23H26ClN3O2. The van der Waals surface area contributed by atoms with Crippen LogP contribution >= 0.6 is 11.6 Å². The third kappa shape index (κ3) is 4.62. The van der Waals surface area contributed by atoms with E-state index in [1.54, 1.807) is 0 Å². The molecular weight excluding hydrogens is 386 g/mol. The zero-order valence-electron chi connectivity index (χ0n) is 16.5. The molecule has 2 amide bonds. The van der Waals surface area contributed by atoms with Crippen LogP contribution in [0.4, 0.5) is 0 Å². The number of amides is 2. The van der Waals surface area contributed by atoms with Crippen LogP contribution < -0.4 is 0 Å². The number of halogens is 1. The first kappa shape index (κ1) is 19.9. The van der Waals surface area contributed by atoms with E-state index in [-0.39, 0.29) is 11.8 Å². The predicted octanol–water partition coefficient (Wildman–Crippen LogP) is 2.94. The van der Waals surface area contributed by atoms with Gasteiger partial charge in [0.15, 0.2) is 0 Å². The lowest BCUT2D eigenvalue weighted by Gasteiger charge is -2.48. The summed E-state index contributed by atoms with van der Waals surface area (Å²) in [7, 11) is 0. The monoisotopic (exact) mass is 411 g/mol. The number of piperazine rings is 1. The number of nitrogens with zero attached hydrogens (tertiary/aromatic N) is 3. The summed E-state index contributed by atoms with van der Waals surface area (Å²) in [6.07, 6.45) is 1.18. The average Bonchev–Trinajstić information content (AvgIpc) is 2.73. The lowest BCUT2D eigenvalue weighted by atomic mass is 10.0. The van der Waals surface area contributed by atoms with Crippen LogP contribution in [0, 0.1) is 0 Å². The van der Waals surface area contributed by atoms with E-state index in [0.717, 1.165) is 55.4 Å². The fraction of sp³-hybridized carbons (Fsp3) is 0.391. The second-order valence-corrected chi connectivity index (χ2v) is 8.15. The summed E-state index contributed by atoms with van der Waals surface area (Å²) in [4.78, 5) is 31.3. The second-order valence-electron chi connectivity index (χ2n) is 7.74. The van der Waals surface area contributed by atoms with E-state index in [0.29, 0.717) is 18.9 Å². The summed E-state index contributed by atoms with van der Waals surface area (Å²) in [5, 5.41) is 0.727. The molecule has 2 aromatic rings. The van der Waals surface area contributed by atoms with Crippen molar-refractivity contribution in [1.82, 2.24) is 14.7 Å². The van der Waals surface area contributed by atoms with Gasteiger partial charge in [0, 0.05) is 62.3 Å². The largest absolute Gasteiger partial charge is 0.339 e.